The minimum Gasteiger partial charge on any atom is -0.342 e. The zero-order valence-corrected chi connectivity index (χ0v) is 12.4. The number of amides is 1. The first-order chi connectivity index (χ1) is 7.84. The number of hydrogen-bond acceptors (Lipinski definition) is 1. The zero-order chi connectivity index (χ0) is 13.1. The Hall–Kier alpha value is -0.240. The van der Waals surface area contributed by atoms with E-state index in [0.29, 0.717) is 17.7 Å². The lowest BCUT2D eigenvalue weighted by Gasteiger charge is -2.26. The van der Waals surface area contributed by atoms with E-state index in [2.05, 4.69) is 27.7 Å². The SMILES string of the molecule is CC(CCCl)CCN1CC(C(C)(C)C)CC1=O. The molecule has 0 aliphatic carbocycles. The van der Waals surface area contributed by atoms with E-state index in [0.717, 1.165) is 38.2 Å². The van der Waals surface area contributed by atoms with Gasteiger partial charge >= 0.3 is 0 Å². The van der Waals surface area contributed by atoms with Crippen LogP contribution in [0.5, 0.6) is 0 Å². The van der Waals surface area contributed by atoms with Crippen LogP contribution in [-0.4, -0.2) is 29.8 Å². The van der Waals surface area contributed by atoms with E-state index < -0.39 is 0 Å². The van der Waals surface area contributed by atoms with Gasteiger partial charge in [-0.05, 0) is 30.1 Å². The van der Waals surface area contributed by atoms with Crippen molar-refractivity contribution in [2.75, 3.05) is 19.0 Å². The fourth-order valence-electron chi connectivity index (χ4n) is 2.28. The van der Waals surface area contributed by atoms with Crippen molar-refractivity contribution in [3.8, 4) is 0 Å². The van der Waals surface area contributed by atoms with Crippen LogP contribution < -0.4 is 0 Å². The molecule has 1 aliphatic heterocycles. The highest BCUT2D eigenvalue weighted by Gasteiger charge is 2.36. The fourth-order valence-corrected chi connectivity index (χ4v) is 2.65. The molecule has 3 heteroatoms. The monoisotopic (exact) mass is 259 g/mol. The molecular formula is C14H26ClNO. The van der Waals surface area contributed by atoms with Crippen molar-refractivity contribution < 1.29 is 4.79 Å². The van der Waals surface area contributed by atoms with Crippen LogP contribution in [-0.2, 0) is 4.79 Å². The molecule has 2 atom stereocenters. The molecule has 100 valence electrons. The first-order valence-corrected chi connectivity index (χ1v) is 7.21. The molecule has 1 fully saturated rings. The van der Waals surface area contributed by atoms with Crippen molar-refractivity contribution >= 4 is 17.5 Å². The smallest absolute Gasteiger partial charge is 0.222 e. The molecule has 1 heterocycles. The molecular weight excluding hydrogens is 234 g/mol. The predicted molar refractivity (Wildman–Crippen MR) is 73.3 cm³/mol. The largest absolute Gasteiger partial charge is 0.342 e. The van der Waals surface area contributed by atoms with Crippen molar-refractivity contribution in [2.24, 2.45) is 17.3 Å². The van der Waals surface area contributed by atoms with Crippen LogP contribution in [0.2, 0.25) is 0 Å². The van der Waals surface area contributed by atoms with Crippen LogP contribution in [0.3, 0.4) is 0 Å². The Labute approximate surface area is 111 Å². The number of carbonyl (C=O) groups is 1. The summed E-state index contributed by atoms with van der Waals surface area (Å²) < 4.78 is 0. The van der Waals surface area contributed by atoms with Gasteiger partial charge in [-0.15, -0.1) is 11.6 Å². The van der Waals surface area contributed by atoms with E-state index >= 15 is 0 Å². The van der Waals surface area contributed by atoms with Crippen LogP contribution in [0, 0.1) is 17.3 Å². The molecule has 1 saturated heterocycles. The van der Waals surface area contributed by atoms with E-state index in [1.54, 1.807) is 0 Å². The molecule has 0 aromatic heterocycles. The molecule has 0 aromatic rings. The molecule has 2 unspecified atom stereocenters. The Morgan fingerprint density at radius 2 is 2.06 bits per heavy atom. The molecule has 0 spiro atoms. The standard InChI is InChI=1S/C14H26ClNO/c1-11(5-7-15)6-8-16-10-12(9-13(16)17)14(2,3)4/h11-12H,5-10H2,1-4H3. The highest BCUT2D eigenvalue weighted by molar-refractivity contribution is 6.17. The Balaban J connectivity index is 2.38. The predicted octanol–water partition coefficient (Wildman–Crippen LogP) is 3.54. The lowest BCUT2D eigenvalue weighted by atomic mass is 9.80. The number of carbonyl (C=O) groups excluding carboxylic acids is 1. The fraction of sp³-hybridized carbons (Fsp3) is 0.929. The molecule has 17 heavy (non-hydrogen) atoms. The number of nitrogens with zero attached hydrogens (tertiary/aromatic N) is 1. The third-order valence-corrected chi connectivity index (χ3v) is 4.15. The van der Waals surface area contributed by atoms with Crippen molar-refractivity contribution in [1.82, 2.24) is 4.90 Å². The summed E-state index contributed by atoms with van der Waals surface area (Å²) in [6.45, 7) is 10.7. The Bertz CT molecular complexity index is 259. The molecule has 1 aliphatic rings. The number of halogens is 1. The van der Waals surface area contributed by atoms with Gasteiger partial charge in [0.25, 0.3) is 0 Å². The highest BCUT2D eigenvalue weighted by atomic mass is 35.5. The van der Waals surface area contributed by atoms with Crippen LogP contribution in [0.1, 0.15) is 47.0 Å². The first-order valence-electron chi connectivity index (χ1n) is 6.68. The van der Waals surface area contributed by atoms with Crippen molar-refractivity contribution in [3.63, 3.8) is 0 Å². The summed E-state index contributed by atoms with van der Waals surface area (Å²) in [5.41, 5.74) is 0.242. The third kappa shape index (κ3) is 4.50. The Kier molecular flexibility index (Phi) is 5.30. The lowest BCUT2D eigenvalue weighted by molar-refractivity contribution is -0.127. The van der Waals surface area contributed by atoms with E-state index in [1.807, 2.05) is 4.90 Å². The Morgan fingerprint density at radius 1 is 1.41 bits per heavy atom. The maximum absolute atomic E-state index is 11.9. The van der Waals surface area contributed by atoms with Gasteiger partial charge in [-0.25, -0.2) is 0 Å². The summed E-state index contributed by atoms with van der Waals surface area (Å²) in [5.74, 6) is 2.19. The minimum atomic E-state index is 0.242. The lowest BCUT2D eigenvalue weighted by Crippen LogP contribution is -2.29. The van der Waals surface area contributed by atoms with Gasteiger partial charge in [0.05, 0.1) is 0 Å². The maximum Gasteiger partial charge on any atom is 0.222 e. The topological polar surface area (TPSA) is 20.3 Å². The van der Waals surface area contributed by atoms with Crippen molar-refractivity contribution in [2.45, 2.75) is 47.0 Å². The highest BCUT2D eigenvalue weighted by Crippen LogP contribution is 2.34. The quantitative estimate of drug-likeness (QED) is 0.692. The van der Waals surface area contributed by atoms with Gasteiger partial charge in [-0.3, -0.25) is 4.79 Å². The molecule has 0 radical (unpaired) electrons. The summed E-state index contributed by atoms with van der Waals surface area (Å²) in [7, 11) is 0. The van der Waals surface area contributed by atoms with E-state index in [4.69, 9.17) is 11.6 Å². The normalized spacial score (nSPS) is 23.2. The molecule has 0 bridgehead atoms. The van der Waals surface area contributed by atoms with Crippen LogP contribution >= 0.6 is 11.6 Å². The molecule has 1 amide bonds. The van der Waals surface area contributed by atoms with Crippen LogP contribution in [0.4, 0.5) is 0 Å². The summed E-state index contributed by atoms with van der Waals surface area (Å²) in [5, 5.41) is 0. The first kappa shape index (κ1) is 14.8. The summed E-state index contributed by atoms with van der Waals surface area (Å²) in [6.07, 6.45) is 2.86. The van der Waals surface area contributed by atoms with Gasteiger partial charge in [0.2, 0.25) is 5.91 Å². The molecule has 0 aromatic carbocycles. The second-order valence-corrected chi connectivity index (χ2v) is 6.86. The Morgan fingerprint density at radius 3 is 2.53 bits per heavy atom. The van der Waals surface area contributed by atoms with Gasteiger partial charge in [0.15, 0.2) is 0 Å². The van der Waals surface area contributed by atoms with Crippen LogP contribution in [0.25, 0.3) is 0 Å². The summed E-state index contributed by atoms with van der Waals surface area (Å²) in [6, 6.07) is 0. The van der Waals surface area contributed by atoms with Gasteiger partial charge in [0, 0.05) is 25.4 Å². The van der Waals surface area contributed by atoms with Gasteiger partial charge < -0.3 is 4.90 Å². The van der Waals surface area contributed by atoms with Crippen molar-refractivity contribution in [1.29, 1.82) is 0 Å². The van der Waals surface area contributed by atoms with Gasteiger partial charge in [0.1, 0.15) is 0 Å². The average molecular weight is 260 g/mol. The van der Waals surface area contributed by atoms with E-state index in [-0.39, 0.29) is 5.41 Å². The van der Waals surface area contributed by atoms with E-state index in [1.165, 1.54) is 0 Å². The average Bonchev–Trinajstić information content (AvgIpc) is 2.57. The number of alkyl halides is 1. The zero-order valence-electron chi connectivity index (χ0n) is 11.6. The van der Waals surface area contributed by atoms with Crippen LogP contribution in [0.15, 0.2) is 0 Å². The number of hydrogen-bond donors (Lipinski definition) is 0. The molecule has 0 N–H and O–H groups in total. The second kappa shape index (κ2) is 6.08. The maximum atomic E-state index is 11.9. The summed E-state index contributed by atoms with van der Waals surface area (Å²) >= 11 is 5.72. The number of likely N-dealkylation sites (tertiary alicyclic amines) is 1. The van der Waals surface area contributed by atoms with Gasteiger partial charge in [-0.2, -0.15) is 0 Å². The summed E-state index contributed by atoms with van der Waals surface area (Å²) in [4.78, 5) is 13.9. The van der Waals surface area contributed by atoms with Gasteiger partial charge in [-0.1, -0.05) is 27.7 Å². The minimum absolute atomic E-state index is 0.242. The number of rotatable bonds is 5. The van der Waals surface area contributed by atoms with Crippen molar-refractivity contribution in [3.05, 3.63) is 0 Å². The second-order valence-electron chi connectivity index (χ2n) is 6.48. The molecule has 1 rings (SSSR count). The molecule has 2 nitrogen and oxygen atoms in total. The van der Waals surface area contributed by atoms with E-state index in [9.17, 15) is 4.79 Å². The third-order valence-electron chi connectivity index (χ3n) is 3.93. The molecule has 0 saturated carbocycles.